The number of nitrogens with two attached hydrogens (primary N) is 1. The third-order valence-electron chi connectivity index (χ3n) is 3.45. The molecule has 1 aromatic heterocycles. The van der Waals surface area contributed by atoms with Gasteiger partial charge in [0, 0.05) is 5.69 Å². The van der Waals surface area contributed by atoms with E-state index in [1.165, 1.54) is 19.2 Å². The summed E-state index contributed by atoms with van der Waals surface area (Å²) in [6, 6.07) is 13.0. The van der Waals surface area contributed by atoms with Gasteiger partial charge >= 0.3 is 5.97 Å². The van der Waals surface area contributed by atoms with Gasteiger partial charge in [-0.25, -0.2) is 9.18 Å². The van der Waals surface area contributed by atoms with Crippen LogP contribution in [0, 0.1) is 5.82 Å². The molecule has 0 aliphatic carbocycles. The highest BCUT2D eigenvalue weighted by Gasteiger charge is 2.13. The van der Waals surface area contributed by atoms with Gasteiger partial charge in [0.05, 0.1) is 12.7 Å². The molecule has 0 amide bonds. The second kappa shape index (κ2) is 8.09. The number of esters is 1. The average Bonchev–Trinajstić information content (AvgIpc) is 2.66. The van der Waals surface area contributed by atoms with E-state index in [-0.39, 0.29) is 35.6 Å². The Bertz CT molecular complexity index is 953. The molecule has 138 valence electrons. The number of aromatic nitrogens is 3. The molecular formula is C18H16FN5O3. The van der Waals surface area contributed by atoms with Crippen LogP contribution >= 0.6 is 0 Å². The number of para-hydroxylation sites is 1. The monoisotopic (exact) mass is 369 g/mol. The van der Waals surface area contributed by atoms with E-state index >= 15 is 0 Å². The van der Waals surface area contributed by atoms with E-state index in [1.54, 1.807) is 0 Å². The van der Waals surface area contributed by atoms with Gasteiger partial charge < -0.3 is 20.5 Å². The second-order valence-corrected chi connectivity index (χ2v) is 5.35. The summed E-state index contributed by atoms with van der Waals surface area (Å²) in [6.45, 7) is -0.247. The Morgan fingerprint density at radius 2 is 1.93 bits per heavy atom. The maximum Gasteiger partial charge on any atom is 0.338 e. The highest BCUT2D eigenvalue weighted by molar-refractivity contribution is 5.89. The topological polar surface area (TPSA) is 112 Å². The van der Waals surface area contributed by atoms with Crippen molar-refractivity contribution in [2.75, 3.05) is 18.2 Å². The van der Waals surface area contributed by atoms with E-state index < -0.39 is 11.8 Å². The van der Waals surface area contributed by atoms with Crippen molar-refractivity contribution in [1.29, 1.82) is 0 Å². The Balaban J connectivity index is 1.68. The van der Waals surface area contributed by atoms with E-state index in [4.69, 9.17) is 15.2 Å². The van der Waals surface area contributed by atoms with Crippen molar-refractivity contribution in [1.82, 2.24) is 15.0 Å². The van der Waals surface area contributed by atoms with E-state index in [9.17, 15) is 9.18 Å². The first kappa shape index (κ1) is 18.1. The van der Waals surface area contributed by atoms with Gasteiger partial charge in [-0.15, -0.1) is 0 Å². The number of carbonyl (C=O) groups is 1. The zero-order valence-corrected chi connectivity index (χ0v) is 14.3. The van der Waals surface area contributed by atoms with E-state index in [0.29, 0.717) is 0 Å². The lowest BCUT2D eigenvalue weighted by Gasteiger charge is -2.08. The first-order valence-corrected chi connectivity index (χ1v) is 7.88. The van der Waals surface area contributed by atoms with Crippen molar-refractivity contribution in [2.45, 2.75) is 6.61 Å². The average molecular weight is 369 g/mol. The minimum Gasteiger partial charge on any atom is -0.494 e. The molecule has 0 aliphatic rings. The summed E-state index contributed by atoms with van der Waals surface area (Å²) in [5.41, 5.74) is 6.48. The van der Waals surface area contributed by atoms with Crippen molar-refractivity contribution in [3.05, 3.63) is 65.7 Å². The summed E-state index contributed by atoms with van der Waals surface area (Å²) >= 11 is 0. The second-order valence-electron chi connectivity index (χ2n) is 5.35. The molecule has 3 aromatic rings. The molecule has 3 N–H and O–H groups in total. The number of nitrogen functional groups attached to an aromatic ring is 1. The van der Waals surface area contributed by atoms with Crippen molar-refractivity contribution in [2.24, 2.45) is 0 Å². The maximum atomic E-state index is 13.7. The van der Waals surface area contributed by atoms with Gasteiger partial charge in [-0.3, -0.25) is 0 Å². The Morgan fingerprint density at radius 1 is 1.15 bits per heavy atom. The van der Waals surface area contributed by atoms with E-state index in [1.807, 2.05) is 30.3 Å². The lowest BCUT2D eigenvalue weighted by Crippen LogP contribution is -2.11. The zero-order chi connectivity index (χ0) is 19.2. The molecule has 8 nitrogen and oxygen atoms in total. The Morgan fingerprint density at radius 3 is 2.63 bits per heavy atom. The molecule has 1 heterocycles. The van der Waals surface area contributed by atoms with Crippen LogP contribution in [0.2, 0.25) is 0 Å². The number of halogens is 1. The van der Waals surface area contributed by atoms with Crippen LogP contribution < -0.4 is 15.8 Å². The highest BCUT2D eigenvalue weighted by Crippen LogP contribution is 2.18. The predicted octanol–water partition coefficient (Wildman–Crippen LogP) is 2.70. The largest absolute Gasteiger partial charge is 0.494 e. The SMILES string of the molecule is COc1ccc(C(=O)OCc2nc(N)nc(Nc3ccccc3)n2)cc1F. The van der Waals surface area contributed by atoms with Crippen LogP contribution in [0.4, 0.5) is 22.0 Å². The standard InChI is InChI=1S/C18H16FN5O3/c1-26-14-8-7-11(9-13(14)19)16(25)27-10-15-22-17(20)24-18(23-15)21-12-5-3-2-4-6-12/h2-9H,10H2,1H3,(H3,20,21,22,23,24). The first-order chi connectivity index (χ1) is 13.0. The number of nitrogens with zero attached hydrogens (tertiary/aromatic N) is 3. The van der Waals surface area contributed by atoms with Crippen molar-refractivity contribution in [3.8, 4) is 5.75 Å². The number of methoxy groups -OCH3 is 1. The molecule has 0 spiro atoms. The number of benzene rings is 2. The van der Waals surface area contributed by atoms with E-state index in [0.717, 1.165) is 11.8 Å². The molecular weight excluding hydrogens is 353 g/mol. The molecule has 0 saturated heterocycles. The van der Waals surface area contributed by atoms with Crippen LogP contribution in [-0.4, -0.2) is 28.0 Å². The molecule has 0 bridgehead atoms. The van der Waals surface area contributed by atoms with Crippen LogP contribution in [0.25, 0.3) is 0 Å². The maximum absolute atomic E-state index is 13.7. The van der Waals surface area contributed by atoms with Crippen LogP contribution in [0.3, 0.4) is 0 Å². The molecule has 0 unspecified atom stereocenters. The number of hydrogen-bond donors (Lipinski definition) is 2. The van der Waals surface area contributed by atoms with Crippen LogP contribution in [0.1, 0.15) is 16.2 Å². The predicted molar refractivity (Wildman–Crippen MR) is 96.0 cm³/mol. The molecule has 0 atom stereocenters. The van der Waals surface area contributed by atoms with Gasteiger partial charge in [-0.05, 0) is 30.3 Å². The summed E-state index contributed by atoms with van der Waals surface area (Å²) in [7, 11) is 1.34. The number of hydrogen-bond acceptors (Lipinski definition) is 8. The minimum atomic E-state index is -0.729. The number of rotatable bonds is 6. The lowest BCUT2D eigenvalue weighted by molar-refractivity contribution is 0.0461. The molecule has 0 saturated carbocycles. The van der Waals surface area contributed by atoms with Gasteiger partial charge in [0.25, 0.3) is 0 Å². The van der Waals surface area contributed by atoms with Gasteiger partial charge in [-0.1, -0.05) is 18.2 Å². The fourth-order valence-corrected chi connectivity index (χ4v) is 2.22. The minimum absolute atomic E-state index is 0.0232. The first-order valence-electron chi connectivity index (χ1n) is 7.88. The quantitative estimate of drug-likeness (QED) is 0.638. The fraction of sp³-hybridized carbons (Fsp3) is 0.111. The van der Waals surface area contributed by atoms with Crippen LogP contribution in [-0.2, 0) is 11.3 Å². The van der Waals surface area contributed by atoms with Gasteiger partial charge in [0.2, 0.25) is 11.9 Å². The van der Waals surface area contributed by atoms with Crippen molar-refractivity contribution < 1.29 is 18.7 Å². The normalized spacial score (nSPS) is 10.3. The number of anilines is 3. The summed E-state index contributed by atoms with van der Waals surface area (Å²) < 4.78 is 23.6. The fourth-order valence-electron chi connectivity index (χ4n) is 2.22. The number of carbonyl (C=O) groups excluding carboxylic acids is 1. The molecule has 2 aromatic carbocycles. The van der Waals surface area contributed by atoms with Crippen LogP contribution in [0.5, 0.6) is 5.75 Å². The smallest absolute Gasteiger partial charge is 0.338 e. The molecule has 0 fully saturated rings. The Kier molecular flexibility index (Phi) is 5.41. The molecule has 27 heavy (non-hydrogen) atoms. The lowest BCUT2D eigenvalue weighted by atomic mass is 10.2. The number of nitrogens with one attached hydrogen (secondary N) is 1. The van der Waals surface area contributed by atoms with Crippen LogP contribution in [0.15, 0.2) is 48.5 Å². The third-order valence-corrected chi connectivity index (χ3v) is 3.45. The highest BCUT2D eigenvalue weighted by atomic mass is 19.1. The molecule has 3 rings (SSSR count). The third kappa shape index (κ3) is 4.66. The van der Waals surface area contributed by atoms with Crippen molar-refractivity contribution in [3.63, 3.8) is 0 Å². The van der Waals surface area contributed by atoms with Gasteiger partial charge in [0.1, 0.15) is 0 Å². The Labute approximate surface area is 154 Å². The zero-order valence-electron chi connectivity index (χ0n) is 14.3. The summed E-state index contributed by atoms with van der Waals surface area (Å²) in [5, 5.41) is 2.98. The summed E-state index contributed by atoms with van der Waals surface area (Å²) in [4.78, 5) is 24.2. The van der Waals surface area contributed by atoms with Gasteiger partial charge in [-0.2, -0.15) is 15.0 Å². The van der Waals surface area contributed by atoms with Crippen molar-refractivity contribution >= 4 is 23.6 Å². The summed E-state index contributed by atoms with van der Waals surface area (Å²) in [6.07, 6.45) is 0. The Hall–Kier alpha value is -3.75. The molecule has 0 radical (unpaired) electrons. The summed E-state index contributed by atoms with van der Waals surface area (Å²) in [5.74, 6) is -1.00. The van der Waals surface area contributed by atoms with Gasteiger partial charge in [0.15, 0.2) is 24.0 Å². The van der Waals surface area contributed by atoms with E-state index in [2.05, 4.69) is 20.3 Å². The molecule has 0 aliphatic heterocycles. The molecule has 9 heteroatoms. The number of ether oxygens (including phenoxy) is 2.